The first-order chi connectivity index (χ1) is 8.04. The van der Waals surface area contributed by atoms with Crippen LogP contribution in [0.15, 0.2) is 11.4 Å². The number of halogens is 1. The number of rotatable bonds is 6. The largest absolute Gasteiger partial charge is 0.495 e. The Bertz CT molecular complexity index is 365. The summed E-state index contributed by atoms with van der Waals surface area (Å²) >= 11 is 4.96. The van der Waals surface area contributed by atoms with Crippen molar-refractivity contribution in [2.75, 3.05) is 13.7 Å². The van der Waals surface area contributed by atoms with Crippen LogP contribution in [0.1, 0.15) is 29.9 Å². The monoisotopic (exact) mass is 319 g/mol. The van der Waals surface area contributed by atoms with E-state index in [2.05, 4.69) is 35.1 Å². The SMILES string of the molecule is COc1ccsc1C(=O)NCC(Br)CC(C)C. The first-order valence-electron chi connectivity index (χ1n) is 5.58. The second-order valence-corrected chi connectivity index (χ2v) is 6.47. The maximum absolute atomic E-state index is 11.9. The van der Waals surface area contributed by atoms with E-state index in [0.717, 1.165) is 6.42 Å². The van der Waals surface area contributed by atoms with Crippen LogP contribution in [-0.4, -0.2) is 24.4 Å². The fourth-order valence-electron chi connectivity index (χ4n) is 1.50. The summed E-state index contributed by atoms with van der Waals surface area (Å²) < 4.78 is 5.12. The molecule has 1 atom stereocenters. The summed E-state index contributed by atoms with van der Waals surface area (Å²) in [7, 11) is 1.57. The third-order valence-electron chi connectivity index (χ3n) is 2.27. The average Bonchev–Trinajstić information content (AvgIpc) is 2.72. The smallest absolute Gasteiger partial charge is 0.265 e. The highest BCUT2D eigenvalue weighted by atomic mass is 79.9. The predicted molar refractivity (Wildman–Crippen MR) is 75.4 cm³/mol. The van der Waals surface area contributed by atoms with Crippen molar-refractivity contribution in [2.45, 2.75) is 25.1 Å². The normalized spacial score (nSPS) is 12.5. The molecule has 0 fully saturated rings. The maximum Gasteiger partial charge on any atom is 0.265 e. The Morgan fingerprint density at radius 2 is 2.29 bits per heavy atom. The van der Waals surface area contributed by atoms with E-state index in [9.17, 15) is 4.79 Å². The molecule has 5 heteroatoms. The minimum Gasteiger partial charge on any atom is -0.495 e. The molecule has 0 saturated carbocycles. The minimum atomic E-state index is -0.0648. The molecule has 0 bridgehead atoms. The summed E-state index contributed by atoms with van der Waals surface area (Å²) in [6, 6.07) is 1.80. The molecule has 3 nitrogen and oxygen atoms in total. The molecule has 0 spiro atoms. The number of hydrogen-bond acceptors (Lipinski definition) is 3. The number of alkyl halides is 1. The molecule has 1 heterocycles. The number of methoxy groups -OCH3 is 1. The van der Waals surface area contributed by atoms with Gasteiger partial charge in [0.1, 0.15) is 10.6 Å². The van der Waals surface area contributed by atoms with Crippen molar-refractivity contribution in [3.63, 3.8) is 0 Å². The van der Waals surface area contributed by atoms with Crippen LogP contribution < -0.4 is 10.1 Å². The molecule has 0 aliphatic heterocycles. The lowest BCUT2D eigenvalue weighted by Gasteiger charge is -2.13. The van der Waals surface area contributed by atoms with E-state index in [1.54, 1.807) is 13.2 Å². The Hall–Kier alpha value is -0.550. The van der Waals surface area contributed by atoms with Gasteiger partial charge in [-0.15, -0.1) is 11.3 Å². The molecular weight excluding hydrogens is 302 g/mol. The van der Waals surface area contributed by atoms with Gasteiger partial charge in [-0.3, -0.25) is 4.79 Å². The Morgan fingerprint density at radius 1 is 1.59 bits per heavy atom. The van der Waals surface area contributed by atoms with Crippen molar-refractivity contribution in [2.24, 2.45) is 5.92 Å². The molecule has 1 unspecified atom stereocenters. The lowest BCUT2D eigenvalue weighted by atomic mass is 10.1. The first kappa shape index (κ1) is 14.5. The van der Waals surface area contributed by atoms with Crippen LogP contribution in [-0.2, 0) is 0 Å². The quantitative estimate of drug-likeness (QED) is 0.817. The van der Waals surface area contributed by atoms with Gasteiger partial charge in [0.15, 0.2) is 0 Å². The van der Waals surface area contributed by atoms with E-state index >= 15 is 0 Å². The molecule has 1 aromatic rings. The summed E-state index contributed by atoms with van der Waals surface area (Å²) in [4.78, 5) is 12.8. The predicted octanol–water partition coefficient (Wildman–Crippen LogP) is 3.30. The number of nitrogens with one attached hydrogen (secondary N) is 1. The van der Waals surface area contributed by atoms with Crippen molar-refractivity contribution < 1.29 is 9.53 Å². The molecule has 0 radical (unpaired) electrons. The van der Waals surface area contributed by atoms with Crippen molar-refractivity contribution in [1.82, 2.24) is 5.32 Å². The molecule has 17 heavy (non-hydrogen) atoms. The van der Waals surface area contributed by atoms with E-state index in [0.29, 0.717) is 27.9 Å². The third-order valence-corrected chi connectivity index (χ3v) is 3.86. The Kier molecular flexibility index (Phi) is 5.98. The van der Waals surface area contributed by atoms with Gasteiger partial charge in [-0.05, 0) is 23.8 Å². The van der Waals surface area contributed by atoms with Gasteiger partial charge in [-0.25, -0.2) is 0 Å². The van der Waals surface area contributed by atoms with E-state index in [1.165, 1.54) is 11.3 Å². The van der Waals surface area contributed by atoms with Crippen LogP contribution in [0.5, 0.6) is 5.75 Å². The fourth-order valence-corrected chi connectivity index (χ4v) is 3.19. The van der Waals surface area contributed by atoms with E-state index in [-0.39, 0.29) is 5.91 Å². The number of amides is 1. The van der Waals surface area contributed by atoms with Gasteiger partial charge in [0.05, 0.1) is 7.11 Å². The lowest BCUT2D eigenvalue weighted by molar-refractivity contribution is 0.0954. The Morgan fingerprint density at radius 3 is 2.88 bits per heavy atom. The van der Waals surface area contributed by atoms with Gasteiger partial charge in [0.2, 0.25) is 0 Å². The number of thiophene rings is 1. The minimum absolute atomic E-state index is 0.0648. The van der Waals surface area contributed by atoms with Crippen LogP contribution in [0.4, 0.5) is 0 Å². The topological polar surface area (TPSA) is 38.3 Å². The molecule has 0 saturated heterocycles. The highest BCUT2D eigenvalue weighted by Crippen LogP contribution is 2.24. The Labute approximate surface area is 115 Å². The highest BCUT2D eigenvalue weighted by Gasteiger charge is 2.15. The molecule has 1 aromatic heterocycles. The molecule has 1 rings (SSSR count). The van der Waals surface area contributed by atoms with Gasteiger partial charge < -0.3 is 10.1 Å². The molecule has 0 aromatic carbocycles. The maximum atomic E-state index is 11.9. The van der Waals surface area contributed by atoms with Crippen molar-refractivity contribution >= 4 is 33.2 Å². The first-order valence-corrected chi connectivity index (χ1v) is 7.37. The van der Waals surface area contributed by atoms with Crippen LogP contribution in [0, 0.1) is 5.92 Å². The number of ether oxygens (including phenoxy) is 1. The molecule has 0 aliphatic rings. The third kappa shape index (κ3) is 4.68. The van der Waals surface area contributed by atoms with Gasteiger partial charge in [-0.1, -0.05) is 29.8 Å². The molecule has 1 amide bonds. The zero-order valence-corrected chi connectivity index (χ0v) is 12.7. The van der Waals surface area contributed by atoms with Gasteiger partial charge in [0.25, 0.3) is 5.91 Å². The summed E-state index contributed by atoms with van der Waals surface area (Å²) in [6.07, 6.45) is 1.04. The number of hydrogen-bond donors (Lipinski definition) is 1. The van der Waals surface area contributed by atoms with Crippen LogP contribution >= 0.6 is 27.3 Å². The average molecular weight is 320 g/mol. The summed E-state index contributed by atoms with van der Waals surface area (Å²) in [5.74, 6) is 1.19. The second kappa shape index (κ2) is 7.01. The second-order valence-electron chi connectivity index (χ2n) is 4.25. The van der Waals surface area contributed by atoms with E-state index in [1.807, 2.05) is 5.38 Å². The van der Waals surface area contributed by atoms with Crippen LogP contribution in [0.2, 0.25) is 0 Å². The van der Waals surface area contributed by atoms with Gasteiger partial charge in [-0.2, -0.15) is 0 Å². The van der Waals surface area contributed by atoms with Crippen molar-refractivity contribution in [1.29, 1.82) is 0 Å². The van der Waals surface area contributed by atoms with Crippen molar-refractivity contribution in [3.8, 4) is 5.75 Å². The number of carbonyl (C=O) groups is 1. The van der Waals surface area contributed by atoms with Gasteiger partial charge >= 0.3 is 0 Å². The standard InChI is InChI=1S/C12H18BrNO2S/c1-8(2)6-9(13)7-14-12(15)11-10(16-3)4-5-17-11/h4-5,8-9H,6-7H2,1-3H3,(H,14,15). The Balaban J connectivity index is 2.45. The van der Waals surface area contributed by atoms with Crippen LogP contribution in [0.25, 0.3) is 0 Å². The van der Waals surface area contributed by atoms with Gasteiger partial charge in [0, 0.05) is 11.4 Å². The van der Waals surface area contributed by atoms with Crippen LogP contribution in [0.3, 0.4) is 0 Å². The van der Waals surface area contributed by atoms with Crippen molar-refractivity contribution in [3.05, 3.63) is 16.3 Å². The zero-order chi connectivity index (χ0) is 12.8. The summed E-state index contributed by atoms with van der Waals surface area (Å²) in [5, 5.41) is 4.76. The summed E-state index contributed by atoms with van der Waals surface area (Å²) in [5.41, 5.74) is 0. The molecular formula is C12H18BrNO2S. The molecule has 1 N–H and O–H groups in total. The molecule has 0 aliphatic carbocycles. The highest BCUT2D eigenvalue weighted by molar-refractivity contribution is 9.09. The lowest BCUT2D eigenvalue weighted by Crippen LogP contribution is -2.29. The molecule has 96 valence electrons. The number of carbonyl (C=O) groups excluding carboxylic acids is 1. The van der Waals surface area contributed by atoms with E-state index < -0.39 is 0 Å². The summed E-state index contributed by atoms with van der Waals surface area (Å²) in [6.45, 7) is 4.97. The van der Waals surface area contributed by atoms with E-state index in [4.69, 9.17) is 4.74 Å². The zero-order valence-electron chi connectivity index (χ0n) is 10.3. The fraction of sp³-hybridized carbons (Fsp3) is 0.583.